The number of carbonyl (C=O) groups is 1. The van der Waals surface area contributed by atoms with Crippen LogP contribution < -0.4 is 9.47 Å². The van der Waals surface area contributed by atoms with Crippen molar-refractivity contribution < 1.29 is 33.6 Å². The van der Waals surface area contributed by atoms with Gasteiger partial charge >= 0.3 is 5.97 Å². The summed E-state index contributed by atoms with van der Waals surface area (Å²) in [6, 6.07) is 19.9. The summed E-state index contributed by atoms with van der Waals surface area (Å²) in [5.74, 6) is -0.275. The van der Waals surface area contributed by atoms with Crippen LogP contribution >= 0.6 is 0 Å². The van der Waals surface area contributed by atoms with Crippen LogP contribution in [0.15, 0.2) is 66.7 Å². The number of aromatic nitrogens is 3. The lowest BCUT2D eigenvalue weighted by atomic mass is 10.0. The van der Waals surface area contributed by atoms with Gasteiger partial charge in [0.25, 0.3) is 0 Å². The number of nitrogens with zero attached hydrogens (tertiary/aromatic N) is 3. The minimum Gasteiger partial charge on any atom is -0.491 e. The van der Waals surface area contributed by atoms with Gasteiger partial charge in [0.05, 0.1) is 36.6 Å². The molecule has 46 heavy (non-hydrogen) atoms. The van der Waals surface area contributed by atoms with Gasteiger partial charge in [-0.2, -0.15) is 5.10 Å². The van der Waals surface area contributed by atoms with E-state index in [-0.39, 0.29) is 13.0 Å². The minimum absolute atomic E-state index is 0.208. The first-order valence-corrected chi connectivity index (χ1v) is 15.1. The maximum atomic E-state index is 14.2. The molecular weight excluding hydrogens is 589 g/mol. The minimum atomic E-state index is -0.959. The van der Waals surface area contributed by atoms with Gasteiger partial charge in [-0.3, -0.25) is 4.79 Å². The molecule has 0 radical (unpaired) electrons. The Morgan fingerprint density at radius 2 is 1.59 bits per heavy atom. The lowest BCUT2D eigenvalue weighted by Crippen LogP contribution is -2.13. The van der Waals surface area contributed by atoms with E-state index in [1.807, 2.05) is 62.4 Å². The molecule has 5 aromatic rings. The molecule has 2 aromatic heterocycles. The Morgan fingerprint density at radius 1 is 0.891 bits per heavy atom. The van der Waals surface area contributed by atoms with Crippen molar-refractivity contribution in [1.82, 2.24) is 14.6 Å². The second-order valence-corrected chi connectivity index (χ2v) is 12.1. The van der Waals surface area contributed by atoms with Crippen LogP contribution in [0.1, 0.15) is 37.6 Å². The van der Waals surface area contributed by atoms with Gasteiger partial charge in [-0.25, -0.2) is 13.9 Å². The molecule has 9 nitrogen and oxygen atoms in total. The van der Waals surface area contributed by atoms with Gasteiger partial charge in [-0.15, -0.1) is 0 Å². The van der Waals surface area contributed by atoms with Crippen LogP contribution in [-0.2, 0) is 16.0 Å². The van der Waals surface area contributed by atoms with E-state index < -0.39 is 17.4 Å². The molecule has 6 rings (SSSR count). The molecule has 6 bridgehead atoms. The summed E-state index contributed by atoms with van der Waals surface area (Å²) in [5, 5.41) is 23.2. The number of hydrogen-bond acceptors (Lipinski definition) is 7. The van der Waals surface area contributed by atoms with Gasteiger partial charge in [0, 0.05) is 40.1 Å². The Bertz CT molecular complexity index is 1870. The zero-order valence-corrected chi connectivity index (χ0v) is 26.6. The molecule has 2 N–H and O–H groups in total. The zero-order chi connectivity index (χ0) is 33.0. The topological polar surface area (TPSA) is 115 Å². The molecule has 0 saturated carbocycles. The molecule has 1 aliphatic heterocycles. The fourth-order valence-corrected chi connectivity index (χ4v) is 5.08. The summed E-state index contributed by atoms with van der Waals surface area (Å²) < 4.78 is 33.6. The molecule has 3 heterocycles. The first-order valence-electron chi connectivity index (χ1n) is 15.1. The van der Waals surface area contributed by atoms with Crippen molar-refractivity contribution in [1.29, 1.82) is 0 Å². The smallest absolute Gasteiger partial charge is 0.307 e. The fourth-order valence-electron chi connectivity index (χ4n) is 5.08. The van der Waals surface area contributed by atoms with Gasteiger partial charge in [-0.05, 0) is 70.0 Å². The molecule has 0 saturated heterocycles. The number of ether oxygens (including phenoxy) is 3. The van der Waals surface area contributed by atoms with Gasteiger partial charge in [0.1, 0.15) is 30.5 Å². The maximum Gasteiger partial charge on any atom is 0.307 e. The maximum absolute atomic E-state index is 14.2. The lowest BCUT2D eigenvalue weighted by Gasteiger charge is -2.16. The quantitative estimate of drug-likeness (QED) is 0.223. The SMILES string of the molecule is CC(C)(C)O.Cc1ccc2cc1OCCOCCOc1cc(F)ccc1-c1cccc(c1)-c1cc3nc(C)c(CC(=O)O)c-2n3n1. The third-order valence-corrected chi connectivity index (χ3v) is 7.08. The molecule has 10 heteroatoms. The number of fused-ring (bicyclic) bond motifs is 9. The first-order chi connectivity index (χ1) is 21.9. The third kappa shape index (κ3) is 7.88. The largest absolute Gasteiger partial charge is 0.491 e. The van der Waals surface area contributed by atoms with E-state index in [1.54, 1.807) is 31.4 Å². The highest BCUT2D eigenvalue weighted by Crippen LogP contribution is 2.35. The van der Waals surface area contributed by atoms with Gasteiger partial charge in [-0.1, -0.05) is 30.3 Å². The van der Waals surface area contributed by atoms with Crippen molar-refractivity contribution in [3.05, 3.63) is 89.4 Å². The number of rotatable bonds is 2. The highest BCUT2D eigenvalue weighted by atomic mass is 19.1. The number of carboxylic acid groups (broad SMARTS) is 1. The van der Waals surface area contributed by atoms with Gasteiger partial charge in [0.15, 0.2) is 5.65 Å². The van der Waals surface area contributed by atoms with Crippen LogP contribution in [-0.4, -0.2) is 62.8 Å². The van der Waals surface area contributed by atoms with E-state index in [4.69, 9.17) is 29.4 Å². The number of carboxylic acids is 1. The van der Waals surface area contributed by atoms with E-state index >= 15 is 0 Å². The number of halogens is 1. The van der Waals surface area contributed by atoms with Crippen LogP contribution in [0.2, 0.25) is 0 Å². The number of aliphatic carboxylic acids is 1. The Balaban J connectivity index is 0.000000775. The van der Waals surface area contributed by atoms with E-state index in [1.165, 1.54) is 12.1 Å². The Hall–Kier alpha value is -4.80. The van der Waals surface area contributed by atoms with Crippen molar-refractivity contribution in [2.75, 3.05) is 26.4 Å². The van der Waals surface area contributed by atoms with E-state index in [2.05, 4.69) is 0 Å². The molecule has 240 valence electrons. The molecule has 0 amide bonds. The van der Waals surface area contributed by atoms with Crippen molar-refractivity contribution in [3.63, 3.8) is 0 Å². The van der Waals surface area contributed by atoms with Crippen LogP contribution in [0.4, 0.5) is 4.39 Å². The Kier molecular flexibility index (Phi) is 9.69. The number of hydrogen-bond donors (Lipinski definition) is 2. The summed E-state index contributed by atoms with van der Waals surface area (Å²) in [6.45, 7) is 10.2. The Morgan fingerprint density at radius 3 is 2.30 bits per heavy atom. The second kappa shape index (κ2) is 13.7. The fraction of sp³-hybridized carbons (Fsp3) is 0.306. The third-order valence-electron chi connectivity index (χ3n) is 7.08. The van der Waals surface area contributed by atoms with Crippen molar-refractivity contribution in [2.45, 2.75) is 46.6 Å². The molecule has 1 aliphatic rings. The summed E-state index contributed by atoms with van der Waals surface area (Å²) in [6.07, 6.45) is -0.208. The number of benzene rings is 3. The Labute approximate surface area is 267 Å². The van der Waals surface area contributed by atoms with E-state index in [9.17, 15) is 14.3 Å². The summed E-state index contributed by atoms with van der Waals surface area (Å²) in [7, 11) is 0. The number of aryl methyl sites for hydroxylation is 2. The van der Waals surface area contributed by atoms with Gasteiger partial charge < -0.3 is 24.4 Å². The average molecular weight is 628 g/mol. The molecule has 0 aliphatic carbocycles. The molecule has 3 aromatic carbocycles. The normalized spacial score (nSPS) is 13.3. The molecule has 0 fully saturated rings. The highest BCUT2D eigenvalue weighted by molar-refractivity contribution is 5.80. The van der Waals surface area contributed by atoms with Gasteiger partial charge in [0.2, 0.25) is 0 Å². The zero-order valence-electron chi connectivity index (χ0n) is 26.6. The van der Waals surface area contributed by atoms with Crippen LogP contribution in [0.3, 0.4) is 0 Å². The van der Waals surface area contributed by atoms with Crippen LogP contribution in [0.5, 0.6) is 11.5 Å². The first kappa shape index (κ1) is 32.6. The predicted octanol–water partition coefficient (Wildman–Crippen LogP) is 6.68. The van der Waals surface area contributed by atoms with E-state index in [0.29, 0.717) is 59.6 Å². The standard InChI is InChI=1S/C32H28FN3O5.C4H10O/c1-19-6-7-23-15-28(19)40-12-10-39-11-13-41-29-16-24(33)8-9-25(29)21-4-3-5-22(14-21)27-18-30-34-20(2)26(17-31(37)38)32(23)36(30)35-27;1-4(2,3)5/h3-9,14-16,18H,10-13,17H2,1-2H3,(H,37,38);5H,1-3H3. The predicted molar refractivity (Wildman–Crippen MR) is 174 cm³/mol. The van der Waals surface area contributed by atoms with Crippen LogP contribution in [0.25, 0.3) is 39.3 Å². The summed E-state index contributed by atoms with van der Waals surface area (Å²) >= 11 is 0. The molecule has 0 unspecified atom stereocenters. The molecule has 0 atom stereocenters. The van der Waals surface area contributed by atoms with Crippen molar-refractivity contribution in [3.8, 4) is 45.1 Å². The van der Waals surface area contributed by atoms with Crippen molar-refractivity contribution >= 4 is 11.6 Å². The lowest BCUT2D eigenvalue weighted by molar-refractivity contribution is -0.136. The summed E-state index contributed by atoms with van der Waals surface area (Å²) in [4.78, 5) is 16.6. The van der Waals surface area contributed by atoms with E-state index in [0.717, 1.165) is 27.8 Å². The number of aliphatic hydroxyl groups is 1. The van der Waals surface area contributed by atoms with Crippen molar-refractivity contribution in [2.24, 2.45) is 0 Å². The van der Waals surface area contributed by atoms with Crippen LogP contribution in [0, 0.1) is 19.7 Å². The average Bonchev–Trinajstić information content (AvgIpc) is 3.40. The highest BCUT2D eigenvalue weighted by Gasteiger charge is 2.21. The monoisotopic (exact) mass is 627 g/mol. The molecule has 0 spiro atoms. The molecular formula is C36H38FN3O6. The second-order valence-electron chi connectivity index (χ2n) is 12.1. The summed E-state index contributed by atoms with van der Waals surface area (Å²) in [5.41, 5.74) is 6.67.